The summed E-state index contributed by atoms with van der Waals surface area (Å²) in [5.41, 5.74) is 1.15. The molecule has 0 radical (unpaired) electrons. The van der Waals surface area contributed by atoms with Crippen LogP contribution in [0, 0.1) is 0 Å². The fourth-order valence-corrected chi connectivity index (χ4v) is 2.75. The Kier molecular flexibility index (Phi) is 7.56. The molecule has 2 aromatic rings. The molecule has 7 nitrogen and oxygen atoms in total. The van der Waals surface area contributed by atoms with Gasteiger partial charge in [0.1, 0.15) is 5.75 Å². The maximum absolute atomic E-state index is 12.4. The fraction of sp³-hybridized carbons (Fsp3) is 0.286. The summed E-state index contributed by atoms with van der Waals surface area (Å²) in [5, 5.41) is 2.77. The average molecular weight is 384 g/mol. The van der Waals surface area contributed by atoms with Gasteiger partial charge in [-0.2, -0.15) is 0 Å². The van der Waals surface area contributed by atoms with E-state index in [0.29, 0.717) is 22.6 Å². The van der Waals surface area contributed by atoms with E-state index < -0.39 is 5.97 Å². The number of nitrogens with one attached hydrogen (secondary N) is 1. The van der Waals surface area contributed by atoms with E-state index in [-0.39, 0.29) is 31.5 Å². The lowest BCUT2D eigenvalue weighted by atomic mass is 10.1. The molecule has 0 heterocycles. The van der Waals surface area contributed by atoms with Gasteiger partial charge < -0.3 is 19.7 Å². The first-order valence-electron chi connectivity index (χ1n) is 8.95. The maximum Gasteiger partial charge on any atom is 0.340 e. The van der Waals surface area contributed by atoms with Gasteiger partial charge in [-0.15, -0.1) is 0 Å². The number of methoxy groups -OCH3 is 1. The number of para-hydroxylation sites is 2. The highest BCUT2D eigenvalue weighted by atomic mass is 16.5. The van der Waals surface area contributed by atoms with Crippen molar-refractivity contribution in [1.29, 1.82) is 0 Å². The summed E-state index contributed by atoms with van der Waals surface area (Å²) < 4.78 is 10.3. The monoisotopic (exact) mass is 384 g/mol. The third kappa shape index (κ3) is 5.09. The molecule has 148 valence electrons. The second-order valence-electron chi connectivity index (χ2n) is 5.86. The molecule has 0 atom stereocenters. The molecular formula is C21H24N2O5. The summed E-state index contributed by atoms with van der Waals surface area (Å²) in [6, 6.07) is 13.6. The van der Waals surface area contributed by atoms with Crippen molar-refractivity contribution in [2.75, 3.05) is 31.7 Å². The van der Waals surface area contributed by atoms with Crippen LogP contribution in [0.4, 0.5) is 5.69 Å². The van der Waals surface area contributed by atoms with Crippen molar-refractivity contribution < 1.29 is 23.9 Å². The van der Waals surface area contributed by atoms with Gasteiger partial charge in [-0.1, -0.05) is 24.3 Å². The zero-order valence-electron chi connectivity index (χ0n) is 16.2. The molecule has 2 amide bonds. The van der Waals surface area contributed by atoms with Gasteiger partial charge in [0.25, 0.3) is 5.91 Å². The third-order valence-corrected chi connectivity index (χ3v) is 4.04. The summed E-state index contributed by atoms with van der Waals surface area (Å²) in [7, 11) is 1.50. The Morgan fingerprint density at radius 2 is 1.64 bits per heavy atom. The lowest BCUT2D eigenvalue weighted by molar-refractivity contribution is -0.116. The SMILES string of the molecule is CCOC(=O)c1ccccc1N(CCNC(=O)c1ccccc1OC)C(C)=O. The number of benzene rings is 2. The number of rotatable bonds is 8. The van der Waals surface area contributed by atoms with E-state index in [1.807, 2.05) is 0 Å². The molecule has 0 spiro atoms. The minimum atomic E-state index is -0.498. The predicted molar refractivity (Wildman–Crippen MR) is 106 cm³/mol. The van der Waals surface area contributed by atoms with Crippen LogP contribution in [0.3, 0.4) is 0 Å². The Hall–Kier alpha value is -3.35. The van der Waals surface area contributed by atoms with Crippen molar-refractivity contribution in [2.45, 2.75) is 13.8 Å². The standard InChI is InChI=1S/C21H24N2O5/c1-4-28-21(26)16-9-5-7-11-18(16)23(15(2)24)14-13-22-20(25)17-10-6-8-12-19(17)27-3/h5-12H,4,13-14H2,1-3H3,(H,22,25). The lowest BCUT2D eigenvalue weighted by Crippen LogP contribution is -2.38. The average Bonchev–Trinajstić information content (AvgIpc) is 2.71. The van der Waals surface area contributed by atoms with Crippen molar-refractivity contribution in [3.05, 3.63) is 59.7 Å². The van der Waals surface area contributed by atoms with Crippen LogP contribution in [0.15, 0.2) is 48.5 Å². The Morgan fingerprint density at radius 1 is 1.00 bits per heavy atom. The Bertz CT molecular complexity index is 850. The zero-order valence-corrected chi connectivity index (χ0v) is 16.2. The molecule has 0 bridgehead atoms. The Balaban J connectivity index is 2.12. The molecule has 0 aliphatic rings. The molecule has 28 heavy (non-hydrogen) atoms. The number of amides is 2. The van der Waals surface area contributed by atoms with Crippen LogP contribution >= 0.6 is 0 Å². The second kappa shape index (κ2) is 10.1. The quantitative estimate of drug-likeness (QED) is 0.708. The van der Waals surface area contributed by atoms with Crippen LogP contribution < -0.4 is 15.0 Å². The molecular weight excluding hydrogens is 360 g/mol. The topological polar surface area (TPSA) is 84.9 Å². The summed E-state index contributed by atoms with van der Waals surface area (Å²) in [5.74, 6) is -0.582. The molecule has 7 heteroatoms. The van der Waals surface area contributed by atoms with Gasteiger partial charge in [0.2, 0.25) is 5.91 Å². The van der Waals surface area contributed by atoms with Gasteiger partial charge in [0.05, 0.1) is 30.5 Å². The number of hydrogen-bond donors (Lipinski definition) is 1. The highest BCUT2D eigenvalue weighted by Gasteiger charge is 2.20. The number of nitrogens with zero attached hydrogens (tertiary/aromatic N) is 1. The van der Waals surface area contributed by atoms with E-state index in [1.165, 1.54) is 18.9 Å². The largest absolute Gasteiger partial charge is 0.496 e. The third-order valence-electron chi connectivity index (χ3n) is 4.04. The van der Waals surface area contributed by atoms with E-state index in [2.05, 4.69) is 5.32 Å². The number of anilines is 1. The summed E-state index contributed by atoms with van der Waals surface area (Å²) >= 11 is 0. The highest BCUT2D eigenvalue weighted by Crippen LogP contribution is 2.22. The van der Waals surface area contributed by atoms with Crippen LogP contribution in [0.5, 0.6) is 5.75 Å². The predicted octanol–water partition coefficient (Wildman–Crippen LogP) is 2.65. The van der Waals surface area contributed by atoms with E-state index in [0.717, 1.165) is 0 Å². The summed E-state index contributed by atoms with van der Waals surface area (Å²) in [4.78, 5) is 38.2. The molecule has 0 aliphatic heterocycles. The first-order valence-corrected chi connectivity index (χ1v) is 8.95. The molecule has 0 fully saturated rings. The van der Waals surface area contributed by atoms with Gasteiger partial charge in [-0.3, -0.25) is 9.59 Å². The van der Waals surface area contributed by atoms with Crippen molar-refractivity contribution in [1.82, 2.24) is 5.32 Å². The first kappa shape index (κ1) is 21.0. The van der Waals surface area contributed by atoms with E-state index >= 15 is 0 Å². The Morgan fingerprint density at radius 3 is 2.29 bits per heavy atom. The normalized spacial score (nSPS) is 10.1. The smallest absolute Gasteiger partial charge is 0.340 e. The van der Waals surface area contributed by atoms with E-state index in [9.17, 15) is 14.4 Å². The molecule has 0 unspecified atom stereocenters. The minimum Gasteiger partial charge on any atom is -0.496 e. The van der Waals surface area contributed by atoms with Crippen LogP contribution in [0.2, 0.25) is 0 Å². The number of ether oxygens (including phenoxy) is 2. The van der Waals surface area contributed by atoms with Crippen LogP contribution in [0.25, 0.3) is 0 Å². The van der Waals surface area contributed by atoms with Crippen molar-refractivity contribution >= 4 is 23.5 Å². The molecule has 0 aliphatic carbocycles. The minimum absolute atomic E-state index is 0.201. The summed E-state index contributed by atoms with van der Waals surface area (Å²) in [6.07, 6.45) is 0. The molecule has 0 saturated carbocycles. The number of esters is 1. The second-order valence-corrected chi connectivity index (χ2v) is 5.86. The highest BCUT2D eigenvalue weighted by molar-refractivity contribution is 6.02. The van der Waals surface area contributed by atoms with Crippen molar-refractivity contribution in [3.63, 3.8) is 0 Å². The number of hydrogen-bond acceptors (Lipinski definition) is 5. The van der Waals surface area contributed by atoms with Crippen molar-refractivity contribution in [2.24, 2.45) is 0 Å². The number of carbonyl (C=O) groups excluding carboxylic acids is 3. The van der Waals surface area contributed by atoms with Crippen LogP contribution in [-0.4, -0.2) is 44.6 Å². The van der Waals surface area contributed by atoms with Gasteiger partial charge in [-0.25, -0.2) is 4.79 Å². The lowest BCUT2D eigenvalue weighted by Gasteiger charge is -2.23. The molecule has 2 aromatic carbocycles. The molecule has 0 saturated heterocycles. The molecule has 1 N–H and O–H groups in total. The molecule has 0 aromatic heterocycles. The fourth-order valence-electron chi connectivity index (χ4n) is 2.75. The number of carbonyl (C=O) groups is 3. The maximum atomic E-state index is 12.4. The first-order chi connectivity index (χ1) is 13.5. The van der Waals surface area contributed by atoms with Gasteiger partial charge >= 0.3 is 5.97 Å². The van der Waals surface area contributed by atoms with E-state index in [1.54, 1.807) is 55.5 Å². The van der Waals surface area contributed by atoms with Gasteiger partial charge in [0.15, 0.2) is 0 Å². The zero-order chi connectivity index (χ0) is 20.5. The van der Waals surface area contributed by atoms with Crippen LogP contribution in [0.1, 0.15) is 34.6 Å². The van der Waals surface area contributed by atoms with Gasteiger partial charge in [-0.05, 0) is 31.2 Å². The van der Waals surface area contributed by atoms with E-state index in [4.69, 9.17) is 9.47 Å². The summed E-state index contributed by atoms with van der Waals surface area (Å²) in [6.45, 7) is 3.77. The van der Waals surface area contributed by atoms with Crippen molar-refractivity contribution in [3.8, 4) is 5.75 Å². The molecule has 2 rings (SSSR count). The Labute approximate surface area is 164 Å². The van der Waals surface area contributed by atoms with Gasteiger partial charge in [0, 0.05) is 20.0 Å². The van der Waals surface area contributed by atoms with Crippen LogP contribution in [-0.2, 0) is 9.53 Å².